The monoisotopic (exact) mass is 458 g/mol. The van der Waals surface area contributed by atoms with E-state index in [0.717, 1.165) is 86.2 Å². The van der Waals surface area contributed by atoms with Crippen LogP contribution in [0.4, 0.5) is 4.79 Å². The number of methoxy groups -OCH3 is 1. The molecule has 0 radical (unpaired) electrons. The van der Waals surface area contributed by atoms with Gasteiger partial charge in [-0.25, -0.2) is 4.79 Å². The molecule has 7 heteroatoms. The molecule has 1 aromatic heterocycles. The number of carbonyl (C=O) groups is 1. The number of benzene rings is 1. The summed E-state index contributed by atoms with van der Waals surface area (Å²) in [5, 5.41) is 5.45. The van der Waals surface area contributed by atoms with Gasteiger partial charge in [0.05, 0.1) is 18.9 Å². The van der Waals surface area contributed by atoms with Crippen LogP contribution in [0.2, 0.25) is 0 Å². The average molecular weight is 459 g/mol. The molecule has 2 fully saturated rings. The lowest BCUT2D eigenvalue weighted by Gasteiger charge is -2.33. The first-order valence-electron chi connectivity index (χ1n) is 12.2. The van der Waals surface area contributed by atoms with Crippen LogP contribution >= 0.6 is 0 Å². The van der Waals surface area contributed by atoms with Crippen molar-refractivity contribution in [2.45, 2.75) is 71.8 Å². The molecule has 1 saturated carbocycles. The van der Waals surface area contributed by atoms with Crippen LogP contribution in [0.1, 0.15) is 64.1 Å². The van der Waals surface area contributed by atoms with Gasteiger partial charge in [0.2, 0.25) is 0 Å². The molecule has 0 atom stereocenters. The summed E-state index contributed by atoms with van der Waals surface area (Å²) < 4.78 is 22.7. The Bertz CT molecular complexity index is 965. The van der Waals surface area contributed by atoms with E-state index in [-0.39, 0.29) is 11.5 Å². The van der Waals surface area contributed by atoms with E-state index in [0.29, 0.717) is 12.5 Å². The number of nitrogens with zero attached hydrogens (tertiary/aromatic N) is 2. The van der Waals surface area contributed by atoms with Gasteiger partial charge in [0, 0.05) is 36.6 Å². The lowest BCUT2D eigenvalue weighted by Crippen LogP contribution is -2.41. The molecule has 33 heavy (non-hydrogen) atoms. The number of hydrogen-bond acceptors (Lipinski definition) is 6. The molecule has 0 spiro atoms. The molecule has 0 N–H and O–H groups in total. The molecule has 182 valence electrons. The predicted molar refractivity (Wildman–Crippen MR) is 127 cm³/mol. The first-order valence-corrected chi connectivity index (χ1v) is 12.2. The van der Waals surface area contributed by atoms with E-state index in [9.17, 15) is 4.79 Å². The molecule has 1 aromatic carbocycles. The standard InChI is InChI=1S/C26H38N2O5/c1-18-22(31-17-26(12-13-26)16-30-5)9-7-20-21(27-33-23(18)20)8-6-19-10-14-28(15-11-19)24(29)32-25(2,3)4/h7,9,19H,6,8,10-17H2,1-5H3. The lowest BCUT2D eigenvalue weighted by atomic mass is 9.91. The predicted octanol–water partition coefficient (Wildman–Crippen LogP) is 5.52. The number of aromatic nitrogens is 1. The van der Waals surface area contributed by atoms with Crippen molar-refractivity contribution in [2.75, 3.05) is 33.4 Å². The van der Waals surface area contributed by atoms with Crippen LogP contribution in [0, 0.1) is 18.3 Å². The van der Waals surface area contributed by atoms with E-state index in [1.807, 2.05) is 38.7 Å². The quantitative estimate of drug-likeness (QED) is 0.518. The first-order chi connectivity index (χ1) is 15.7. The summed E-state index contributed by atoms with van der Waals surface area (Å²) >= 11 is 0. The fourth-order valence-electron chi connectivity index (χ4n) is 4.62. The number of piperidine rings is 1. The minimum Gasteiger partial charge on any atom is -0.493 e. The Morgan fingerprint density at radius 2 is 1.94 bits per heavy atom. The van der Waals surface area contributed by atoms with E-state index in [4.69, 9.17) is 18.7 Å². The van der Waals surface area contributed by atoms with Crippen LogP contribution < -0.4 is 4.74 Å². The van der Waals surface area contributed by atoms with Gasteiger partial charge in [-0.2, -0.15) is 0 Å². The van der Waals surface area contributed by atoms with E-state index < -0.39 is 5.60 Å². The van der Waals surface area contributed by atoms with Crippen molar-refractivity contribution in [2.24, 2.45) is 11.3 Å². The summed E-state index contributed by atoms with van der Waals surface area (Å²) in [7, 11) is 1.75. The van der Waals surface area contributed by atoms with Gasteiger partial charge in [-0.1, -0.05) is 5.16 Å². The minimum absolute atomic E-state index is 0.182. The number of ether oxygens (including phenoxy) is 3. The molecule has 1 aliphatic heterocycles. The van der Waals surface area contributed by atoms with E-state index in [2.05, 4.69) is 11.2 Å². The van der Waals surface area contributed by atoms with Crippen molar-refractivity contribution in [3.05, 3.63) is 23.4 Å². The SMILES string of the molecule is COCC1(COc2ccc3c(CCC4CCN(C(=O)OC(C)(C)C)CC4)noc3c2C)CC1. The van der Waals surface area contributed by atoms with Crippen LogP contribution in [-0.2, 0) is 15.9 Å². The number of likely N-dealkylation sites (tertiary alicyclic amines) is 1. The highest BCUT2D eigenvalue weighted by Crippen LogP contribution is 2.46. The summed E-state index contributed by atoms with van der Waals surface area (Å²) in [5.41, 5.74) is 2.56. The molecule has 2 heterocycles. The molecular weight excluding hydrogens is 420 g/mol. The minimum atomic E-state index is -0.450. The summed E-state index contributed by atoms with van der Waals surface area (Å²) in [6, 6.07) is 4.12. The number of carbonyl (C=O) groups excluding carboxylic acids is 1. The van der Waals surface area contributed by atoms with Gasteiger partial charge in [-0.05, 0) is 84.3 Å². The van der Waals surface area contributed by atoms with E-state index in [1.165, 1.54) is 0 Å². The number of amides is 1. The fraction of sp³-hybridized carbons (Fsp3) is 0.692. The Hall–Kier alpha value is -2.28. The third-order valence-electron chi connectivity index (χ3n) is 6.91. The van der Waals surface area contributed by atoms with E-state index >= 15 is 0 Å². The Kier molecular flexibility index (Phi) is 6.89. The number of hydrogen-bond donors (Lipinski definition) is 0. The van der Waals surface area contributed by atoms with Crippen molar-refractivity contribution in [3.8, 4) is 5.75 Å². The first kappa shape index (κ1) is 23.9. The molecule has 2 aliphatic rings. The van der Waals surface area contributed by atoms with Gasteiger partial charge < -0.3 is 23.6 Å². The second kappa shape index (κ2) is 9.53. The second-order valence-corrected chi connectivity index (χ2v) is 10.9. The third-order valence-corrected chi connectivity index (χ3v) is 6.91. The summed E-state index contributed by atoms with van der Waals surface area (Å²) in [4.78, 5) is 14.1. The molecule has 1 aliphatic carbocycles. The van der Waals surface area contributed by atoms with Crippen LogP contribution in [0.5, 0.6) is 5.75 Å². The molecule has 7 nitrogen and oxygen atoms in total. The molecule has 2 aromatic rings. The smallest absolute Gasteiger partial charge is 0.410 e. The Morgan fingerprint density at radius 3 is 2.58 bits per heavy atom. The van der Waals surface area contributed by atoms with Crippen LogP contribution in [0.15, 0.2) is 16.7 Å². The zero-order chi connectivity index (χ0) is 23.6. The van der Waals surface area contributed by atoms with Gasteiger partial charge in [0.1, 0.15) is 11.4 Å². The van der Waals surface area contributed by atoms with Crippen LogP contribution in [0.3, 0.4) is 0 Å². The van der Waals surface area contributed by atoms with Gasteiger partial charge in [0.15, 0.2) is 5.58 Å². The molecule has 4 rings (SSSR count). The third kappa shape index (κ3) is 5.81. The zero-order valence-corrected chi connectivity index (χ0v) is 20.7. The van der Waals surface area contributed by atoms with E-state index in [1.54, 1.807) is 7.11 Å². The highest BCUT2D eigenvalue weighted by molar-refractivity contribution is 5.84. The van der Waals surface area contributed by atoms with Crippen LogP contribution in [-0.4, -0.2) is 55.2 Å². The summed E-state index contributed by atoms with van der Waals surface area (Å²) in [6.07, 6.45) is 6.02. The van der Waals surface area contributed by atoms with Gasteiger partial charge in [-0.3, -0.25) is 0 Å². The molecule has 1 amide bonds. The molecule has 0 bridgehead atoms. The maximum atomic E-state index is 12.3. The van der Waals surface area contributed by atoms with Crippen molar-refractivity contribution in [1.29, 1.82) is 0 Å². The van der Waals surface area contributed by atoms with Gasteiger partial charge in [0.25, 0.3) is 0 Å². The maximum Gasteiger partial charge on any atom is 0.410 e. The van der Waals surface area contributed by atoms with Crippen molar-refractivity contribution >= 4 is 17.1 Å². The topological polar surface area (TPSA) is 74.0 Å². The fourth-order valence-corrected chi connectivity index (χ4v) is 4.62. The zero-order valence-electron chi connectivity index (χ0n) is 20.7. The summed E-state index contributed by atoms with van der Waals surface area (Å²) in [6.45, 7) is 10.7. The highest BCUT2D eigenvalue weighted by atomic mass is 16.6. The number of rotatable bonds is 8. The number of fused-ring (bicyclic) bond motifs is 1. The molecular formula is C26H38N2O5. The Morgan fingerprint density at radius 1 is 1.21 bits per heavy atom. The molecule has 0 unspecified atom stereocenters. The lowest BCUT2D eigenvalue weighted by molar-refractivity contribution is 0.0181. The van der Waals surface area contributed by atoms with Crippen molar-refractivity contribution < 1.29 is 23.5 Å². The van der Waals surface area contributed by atoms with Crippen LogP contribution in [0.25, 0.3) is 11.0 Å². The number of aryl methyl sites for hydroxylation is 2. The average Bonchev–Trinajstić information content (AvgIpc) is 3.40. The Balaban J connectivity index is 1.30. The second-order valence-electron chi connectivity index (χ2n) is 10.9. The Labute approximate surface area is 196 Å². The maximum absolute atomic E-state index is 12.3. The normalized spacial score (nSPS) is 18.5. The molecule has 1 saturated heterocycles. The van der Waals surface area contributed by atoms with Crippen molar-refractivity contribution in [1.82, 2.24) is 10.1 Å². The van der Waals surface area contributed by atoms with Gasteiger partial charge >= 0.3 is 6.09 Å². The van der Waals surface area contributed by atoms with Crippen molar-refractivity contribution in [3.63, 3.8) is 0 Å². The highest BCUT2D eigenvalue weighted by Gasteiger charge is 2.43. The largest absolute Gasteiger partial charge is 0.493 e. The summed E-state index contributed by atoms with van der Waals surface area (Å²) in [5.74, 6) is 1.44. The van der Waals surface area contributed by atoms with Gasteiger partial charge in [-0.15, -0.1) is 0 Å².